The summed E-state index contributed by atoms with van der Waals surface area (Å²) in [4.78, 5) is 36.5. The van der Waals surface area contributed by atoms with Crippen LogP contribution in [0.5, 0.6) is 0 Å². The summed E-state index contributed by atoms with van der Waals surface area (Å²) in [5, 5.41) is 9.03. The molecule has 0 saturated heterocycles. The van der Waals surface area contributed by atoms with Crippen molar-refractivity contribution < 1.29 is 14.7 Å². The lowest BCUT2D eigenvalue weighted by Gasteiger charge is -2.33. The van der Waals surface area contributed by atoms with Gasteiger partial charge in [0.05, 0.1) is 16.0 Å². The molecule has 7 heteroatoms. The van der Waals surface area contributed by atoms with Gasteiger partial charge < -0.3 is 5.11 Å². The topological polar surface area (TPSA) is 57.6 Å². The Morgan fingerprint density at radius 2 is 1.25 bits per heavy atom. The van der Waals surface area contributed by atoms with E-state index in [0.29, 0.717) is 29.5 Å². The molecule has 4 nitrogen and oxygen atoms in total. The minimum Gasteiger partial charge on any atom is -0.396 e. The zero-order chi connectivity index (χ0) is 34.4. The standard InChI is InChI=1S/C41H59NO3S3/c1-7-9-17-27(3)19-21-41(22-20-28(4)18-10-8-2)31-25-29(5)46-36(31)37-32(41)26-33(48-37)38-35-34(30(6)47-38)39(44)42(40(35)45)23-15-13-11-12-14-16-24-43/h25-28,43H,7-24H2,1-6H3. The van der Waals surface area contributed by atoms with Crippen LogP contribution in [0.3, 0.4) is 0 Å². The number of rotatable bonds is 21. The maximum absolute atomic E-state index is 13.9. The molecule has 0 bridgehead atoms. The van der Waals surface area contributed by atoms with Crippen molar-refractivity contribution in [3.63, 3.8) is 0 Å². The summed E-state index contributed by atoms with van der Waals surface area (Å²) in [5.41, 5.74) is 4.36. The number of unbranched alkanes of at least 4 members (excludes halogenated alkanes) is 7. The highest BCUT2D eigenvalue weighted by Crippen LogP contribution is 2.61. The van der Waals surface area contributed by atoms with Crippen molar-refractivity contribution in [1.29, 1.82) is 0 Å². The van der Waals surface area contributed by atoms with Crippen molar-refractivity contribution in [2.75, 3.05) is 13.2 Å². The van der Waals surface area contributed by atoms with Crippen LogP contribution >= 0.6 is 34.0 Å². The molecule has 264 valence electrons. The third-order valence-electron chi connectivity index (χ3n) is 11.1. The van der Waals surface area contributed by atoms with E-state index in [2.05, 4.69) is 46.8 Å². The predicted octanol–water partition coefficient (Wildman–Crippen LogP) is 12.6. The van der Waals surface area contributed by atoms with E-state index in [1.165, 1.54) is 94.2 Å². The number of imide groups is 1. The number of aliphatic hydroxyl groups excluding tert-OH is 1. The maximum atomic E-state index is 13.9. The number of aliphatic hydroxyl groups is 1. The molecule has 1 aliphatic carbocycles. The first kappa shape index (κ1) is 37.5. The Morgan fingerprint density at radius 1 is 0.688 bits per heavy atom. The molecule has 0 aromatic carbocycles. The summed E-state index contributed by atoms with van der Waals surface area (Å²) >= 11 is 5.46. The third-order valence-corrected chi connectivity index (χ3v) is 14.7. The quantitative estimate of drug-likeness (QED) is 0.0885. The van der Waals surface area contributed by atoms with Crippen molar-refractivity contribution >= 4 is 45.8 Å². The van der Waals surface area contributed by atoms with Crippen LogP contribution in [-0.4, -0.2) is 35.0 Å². The zero-order valence-electron chi connectivity index (χ0n) is 30.5. The molecular formula is C41H59NO3S3. The van der Waals surface area contributed by atoms with Crippen LogP contribution in [0.1, 0.15) is 172 Å². The first-order valence-electron chi connectivity index (χ1n) is 19.0. The average molecular weight is 710 g/mol. The van der Waals surface area contributed by atoms with Gasteiger partial charge in [0.1, 0.15) is 0 Å². The summed E-state index contributed by atoms with van der Waals surface area (Å²) in [7, 11) is 0. The number of amides is 2. The highest BCUT2D eigenvalue weighted by Gasteiger charge is 2.47. The number of fused-ring (bicyclic) bond motifs is 4. The van der Waals surface area contributed by atoms with Gasteiger partial charge in [0.25, 0.3) is 11.8 Å². The van der Waals surface area contributed by atoms with Crippen LogP contribution in [0.4, 0.5) is 0 Å². The van der Waals surface area contributed by atoms with E-state index in [1.54, 1.807) is 16.9 Å². The van der Waals surface area contributed by atoms with Gasteiger partial charge in [-0.3, -0.25) is 14.5 Å². The molecule has 2 atom stereocenters. The molecule has 0 fully saturated rings. The second-order valence-electron chi connectivity index (χ2n) is 15.0. The average Bonchev–Trinajstić information content (AvgIpc) is 3.85. The lowest BCUT2D eigenvalue weighted by molar-refractivity contribution is 0.0651. The van der Waals surface area contributed by atoms with Gasteiger partial charge >= 0.3 is 0 Å². The molecule has 3 aromatic rings. The molecule has 0 radical (unpaired) electrons. The van der Waals surface area contributed by atoms with E-state index in [4.69, 9.17) is 5.11 Å². The summed E-state index contributed by atoms with van der Waals surface area (Å²) in [6.07, 6.45) is 18.4. The third kappa shape index (κ3) is 7.75. The fourth-order valence-electron chi connectivity index (χ4n) is 8.09. The van der Waals surface area contributed by atoms with Crippen LogP contribution in [-0.2, 0) is 5.41 Å². The Morgan fingerprint density at radius 3 is 1.88 bits per heavy atom. The first-order chi connectivity index (χ1) is 23.2. The predicted molar refractivity (Wildman–Crippen MR) is 207 cm³/mol. The first-order valence-corrected chi connectivity index (χ1v) is 21.5. The summed E-state index contributed by atoms with van der Waals surface area (Å²) in [6, 6.07) is 4.95. The van der Waals surface area contributed by atoms with Crippen LogP contribution in [0, 0.1) is 25.7 Å². The monoisotopic (exact) mass is 709 g/mol. The minimum absolute atomic E-state index is 0.0175. The van der Waals surface area contributed by atoms with Crippen molar-refractivity contribution in [1.82, 2.24) is 4.90 Å². The number of hydrogen-bond acceptors (Lipinski definition) is 6. The fraction of sp³-hybridized carbons (Fsp3) is 0.659. The van der Waals surface area contributed by atoms with Crippen LogP contribution in [0.2, 0.25) is 0 Å². The van der Waals surface area contributed by atoms with E-state index in [1.807, 2.05) is 29.6 Å². The Kier molecular flexibility index (Phi) is 13.2. The van der Waals surface area contributed by atoms with Gasteiger partial charge in [-0.15, -0.1) is 34.0 Å². The summed E-state index contributed by atoms with van der Waals surface area (Å²) in [5.74, 6) is 1.22. The van der Waals surface area contributed by atoms with Gasteiger partial charge in [0, 0.05) is 43.0 Å². The molecule has 2 unspecified atom stereocenters. The zero-order valence-corrected chi connectivity index (χ0v) is 32.9. The maximum Gasteiger partial charge on any atom is 0.263 e. The molecule has 48 heavy (non-hydrogen) atoms. The molecular weight excluding hydrogens is 651 g/mol. The number of carbonyl (C=O) groups excluding carboxylic acids is 2. The molecule has 3 aromatic heterocycles. The largest absolute Gasteiger partial charge is 0.396 e. The molecule has 4 heterocycles. The fourth-order valence-corrected chi connectivity index (χ4v) is 11.9. The van der Waals surface area contributed by atoms with Crippen molar-refractivity contribution in [2.45, 2.75) is 150 Å². The highest BCUT2D eigenvalue weighted by atomic mass is 32.1. The molecule has 1 N–H and O–H groups in total. The van der Waals surface area contributed by atoms with Gasteiger partial charge in [0.15, 0.2) is 0 Å². The molecule has 1 aliphatic heterocycles. The van der Waals surface area contributed by atoms with Crippen LogP contribution < -0.4 is 0 Å². The Labute approximate surface area is 302 Å². The summed E-state index contributed by atoms with van der Waals surface area (Å²) in [6.45, 7) is 14.5. The minimum atomic E-state index is -0.105. The smallest absolute Gasteiger partial charge is 0.263 e. The Hall–Kier alpha value is -1.80. The van der Waals surface area contributed by atoms with Crippen molar-refractivity contribution in [3.8, 4) is 19.5 Å². The second-order valence-corrected chi connectivity index (χ2v) is 18.5. The highest BCUT2D eigenvalue weighted by molar-refractivity contribution is 7.27. The molecule has 5 rings (SSSR count). The van der Waals surface area contributed by atoms with Crippen molar-refractivity contribution in [2.24, 2.45) is 11.8 Å². The van der Waals surface area contributed by atoms with Crippen LogP contribution in [0.15, 0.2) is 12.1 Å². The molecule has 0 saturated carbocycles. The van der Waals surface area contributed by atoms with Gasteiger partial charge in [0.2, 0.25) is 0 Å². The van der Waals surface area contributed by atoms with Gasteiger partial charge in [-0.1, -0.05) is 91.9 Å². The van der Waals surface area contributed by atoms with Crippen molar-refractivity contribution in [3.05, 3.63) is 44.1 Å². The molecule has 2 amide bonds. The van der Waals surface area contributed by atoms with E-state index >= 15 is 0 Å². The number of carbonyl (C=O) groups is 2. The van der Waals surface area contributed by atoms with Gasteiger partial charge in [-0.2, -0.15) is 0 Å². The SMILES string of the molecule is CCCCC(C)CCC1(CCC(C)CCCC)c2cc(C)sc2-c2sc(-c3sc(C)c4c3C(=O)N(CCCCCCCCO)C4=O)cc21. The Balaban J connectivity index is 1.46. The van der Waals surface area contributed by atoms with Gasteiger partial charge in [-0.05, 0) is 87.5 Å². The normalized spacial score (nSPS) is 18.1. The molecule has 2 aliphatic rings. The van der Waals surface area contributed by atoms with E-state index < -0.39 is 0 Å². The number of hydrogen-bond donors (Lipinski definition) is 1. The number of nitrogens with zero attached hydrogens (tertiary/aromatic N) is 1. The van der Waals surface area contributed by atoms with E-state index in [0.717, 1.165) is 48.3 Å². The number of aryl methyl sites for hydroxylation is 2. The van der Waals surface area contributed by atoms with Gasteiger partial charge in [-0.25, -0.2) is 0 Å². The Bertz CT molecular complexity index is 1530. The number of thiophene rings is 3. The lowest BCUT2D eigenvalue weighted by Crippen LogP contribution is -2.31. The lowest BCUT2D eigenvalue weighted by atomic mass is 9.69. The second kappa shape index (κ2) is 16.9. The van der Waals surface area contributed by atoms with E-state index in [9.17, 15) is 9.59 Å². The van der Waals surface area contributed by atoms with E-state index in [-0.39, 0.29) is 23.8 Å². The van der Waals surface area contributed by atoms with Crippen LogP contribution in [0.25, 0.3) is 19.5 Å². The molecule has 0 spiro atoms. The summed E-state index contributed by atoms with van der Waals surface area (Å²) < 4.78 is 0.